The second-order valence-electron chi connectivity index (χ2n) is 8.39. The third-order valence-corrected chi connectivity index (χ3v) is 6.07. The molecule has 2 N–H and O–H groups in total. The van der Waals surface area contributed by atoms with Crippen molar-refractivity contribution in [3.8, 4) is 28.5 Å². The van der Waals surface area contributed by atoms with Gasteiger partial charge in [-0.05, 0) is 43.2 Å². The maximum Gasteiger partial charge on any atom is 0.273 e. The first-order valence-corrected chi connectivity index (χ1v) is 11.5. The number of carbonyl (C=O) groups excluding carboxylic acids is 1. The number of carbonyl (C=O) groups is 1. The zero-order valence-corrected chi connectivity index (χ0v) is 20.1. The molecule has 0 saturated carbocycles. The molecule has 1 aromatic heterocycles. The predicted molar refractivity (Wildman–Crippen MR) is 129 cm³/mol. The average molecular weight is 466 g/mol. The Balaban J connectivity index is 1.82. The van der Waals surface area contributed by atoms with Gasteiger partial charge in [0.1, 0.15) is 17.1 Å². The third-order valence-electron chi connectivity index (χ3n) is 6.07. The SMILES string of the molecule is CCCCOc1ccc(C2c3c(-c4cc(C)ccc4O)n[nH]c3C(=O)N2CCOC)cc1OC. The molecule has 1 aliphatic heterocycles. The fraction of sp³-hybridized carbons (Fsp3) is 0.385. The molecule has 1 unspecified atom stereocenters. The third kappa shape index (κ3) is 4.33. The van der Waals surface area contributed by atoms with Gasteiger partial charge in [-0.25, -0.2) is 0 Å². The molecule has 8 heteroatoms. The molecule has 0 radical (unpaired) electrons. The van der Waals surface area contributed by atoms with E-state index in [1.165, 1.54) is 0 Å². The van der Waals surface area contributed by atoms with Crippen LogP contribution in [0.5, 0.6) is 17.2 Å². The highest BCUT2D eigenvalue weighted by molar-refractivity contribution is 6.00. The summed E-state index contributed by atoms with van der Waals surface area (Å²) in [5, 5.41) is 17.9. The summed E-state index contributed by atoms with van der Waals surface area (Å²) >= 11 is 0. The summed E-state index contributed by atoms with van der Waals surface area (Å²) in [6.45, 7) is 5.46. The number of aromatic hydroxyl groups is 1. The van der Waals surface area contributed by atoms with Crippen LogP contribution in [0.4, 0.5) is 0 Å². The van der Waals surface area contributed by atoms with E-state index in [-0.39, 0.29) is 11.7 Å². The topological polar surface area (TPSA) is 96.9 Å². The first-order chi connectivity index (χ1) is 16.5. The van der Waals surface area contributed by atoms with E-state index in [2.05, 4.69) is 17.1 Å². The van der Waals surface area contributed by atoms with Gasteiger partial charge in [0, 0.05) is 24.8 Å². The molecular formula is C26H31N3O5. The summed E-state index contributed by atoms with van der Waals surface area (Å²) in [4.78, 5) is 15.1. The molecule has 1 amide bonds. The van der Waals surface area contributed by atoms with Crippen LogP contribution in [0.1, 0.15) is 53.0 Å². The first kappa shape index (κ1) is 23.6. The van der Waals surface area contributed by atoms with Crippen molar-refractivity contribution >= 4 is 5.91 Å². The summed E-state index contributed by atoms with van der Waals surface area (Å²) in [5.74, 6) is 1.21. The summed E-state index contributed by atoms with van der Waals surface area (Å²) < 4.78 is 16.8. The number of aryl methyl sites for hydroxylation is 1. The van der Waals surface area contributed by atoms with Crippen molar-refractivity contribution in [2.45, 2.75) is 32.7 Å². The number of aromatic nitrogens is 2. The predicted octanol–water partition coefficient (Wildman–Crippen LogP) is 4.47. The number of methoxy groups -OCH3 is 2. The number of H-pyrrole nitrogens is 1. The molecule has 0 aliphatic carbocycles. The Bertz CT molecular complexity index is 1170. The smallest absolute Gasteiger partial charge is 0.273 e. The highest BCUT2D eigenvalue weighted by atomic mass is 16.5. The molecule has 3 aromatic rings. The van der Waals surface area contributed by atoms with E-state index < -0.39 is 6.04 Å². The quantitative estimate of drug-likeness (QED) is 0.429. The largest absolute Gasteiger partial charge is 0.507 e. The zero-order valence-electron chi connectivity index (χ0n) is 20.1. The van der Waals surface area contributed by atoms with E-state index >= 15 is 0 Å². The Morgan fingerprint density at radius 3 is 2.68 bits per heavy atom. The lowest BCUT2D eigenvalue weighted by atomic mass is 9.95. The van der Waals surface area contributed by atoms with Crippen LogP contribution in [0.15, 0.2) is 36.4 Å². The summed E-state index contributed by atoms with van der Waals surface area (Å²) in [6.07, 6.45) is 1.99. The molecule has 1 atom stereocenters. The van der Waals surface area contributed by atoms with Crippen molar-refractivity contribution in [2.75, 3.05) is 34.0 Å². The van der Waals surface area contributed by atoms with Gasteiger partial charge in [0.25, 0.3) is 5.91 Å². The first-order valence-electron chi connectivity index (χ1n) is 11.5. The number of rotatable bonds is 10. The van der Waals surface area contributed by atoms with Gasteiger partial charge in [-0.1, -0.05) is 31.0 Å². The van der Waals surface area contributed by atoms with Gasteiger partial charge in [-0.2, -0.15) is 5.10 Å². The lowest BCUT2D eigenvalue weighted by molar-refractivity contribution is 0.0677. The molecule has 1 aliphatic rings. The summed E-state index contributed by atoms with van der Waals surface area (Å²) in [7, 11) is 3.21. The second-order valence-corrected chi connectivity index (χ2v) is 8.39. The van der Waals surface area contributed by atoms with Crippen molar-refractivity contribution < 1.29 is 24.1 Å². The molecule has 8 nitrogen and oxygen atoms in total. The normalized spacial score (nSPS) is 15.0. The molecule has 2 heterocycles. The van der Waals surface area contributed by atoms with Crippen molar-refractivity contribution in [1.29, 1.82) is 0 Å². The molecule has 34 heavy (non-hydrogen) atoms. The molecule has 0 spiro atoms. The number of benzene rings is 2. The van der Waals surface area contributed by atoms with Gasteiger partial charge >= 0.3 is 0 Å². The number of unbranched alkanes of at least 4 members (excludes halogenated alkanes) is 1. The lowest BCUT2D eigenvalue weighted by Crippen LogP contribution is -2.32. The maximum atomic E-state index is 13.4. The lowest BCUT2D eigenvalue weighted by Gasteiger charge is -2.27. The number of hydrogen-bond donors (Lipinski definition) is 2. The second kappa shape index (κ2) is 10.2. The Morgan fingerprint density at radius 1 is 1.12 bits per heavy atom. The minimum atomic E-state index is -0.426. The summed E-state index contributed by atoms with van der Waals surface area (Å²) in [6, 6.07) is 10.7. The molecular weight excluding hydrogens is 434 g/mol. The number of nitrogens with zero attached hydrogens (tertiary/aromatic N) is 2. The molecule has 0 fully saturated rings. The monoisotopic (exact) mass is 465 g/mol. The van der Waals surface area contributed by atoms with Crippen LogP contribution in [0.3, 0.4) is 0 Å². The van der Waals surface area contributed by atoms with E-state index in [0.717, 1.165) is 29.5 Å². The van der Waals surface area contributed by atoms with Crippen molar-refractivity contribution in [3.05, 3.63) is 58.8 Å². The number of amides is 1. The molecule has 0 bridgehead atoms. The average Bonchev–Trinajstić information content (AvgIpc) is 3.38. The van der Waals surface area contributed by atoms with Gasteiger partial charge in [0.2, 0.25) is 0 Å². The van der Waals surface area contributed by atoms with E-state index in [1.807, 2.05) is 37.3 Å². The van der Waals surface area contributed by atoms with Gasteiger partial charge in [-0.3, -0.25) is 9.89 Å². The van der Waals surface area contributed by atoms with Crippen LogP contribution in [-0.2, 0) is 4.74 Å². The summed E-state index contributed by atoms with van der Waals surface area (Å²) in [5.41, 5.74) is 4.12. The van der Waals surface area contributed by atoms with Crippen LogP contribution in [0.2, 0.25) is 0 Å². The fourth-order valence-corrected chi connectivity index (χ4v) is 4.31. The van der Waals surface area contributed by atoms with E-state index in [4.69, 9.17) is 14.2 Å². The van der Waals surface area contributed by atoms with E-state index in [9.17, 15) is 9.90 Å². The van der Waals surface area contributed by atoms with Crippen LogP contribution in [0, 0.1) is 6.92 Å². The van der Waals surface area contributed by atoms with Crippen LogP contribution in [0.25, 0.3) is 11.3 Å². The van der Waals surface area contributed by atoms with Crippen molar-refractivity contribution in [2.24, 2.45) is 0 Å². The number of aromatic amines is 1. The number of phenolic OH excluding ortho intramolecular Hbond substituents is 1. The fourth-order valence-electron chi connectivity index (χ4n) is 4.31. The van der Waals surface area contributed by atoms with Crippen molar-refractivity contribution in [3.63, 3.8) is 0 Å². The molecule has 4 rings (SSSR count). The van der Waals surface area contributed by atoms with E-state index in [0.29, 0.717) is 48.2 Å². The number of phenols is 1. The number of hydrogen-bond acceptors (Lipinski definition) is 6. The Morgan fingerprint density at radius 2 is 1.94 bits per heavy atom. The van der Waals surface area contributed by atoms with Crippen molar-refractivity contribution in [1.82, 2.24) is 15.1 Å². The number of ether oxygens (including phenoxy) is 3. The van der Waals surface area contributed by atoms with Crippen LogP contribution < -0.4 is 9.47 Å². The van der Waals surface area contributed by atoms with E-state index in [1.54, 1.807) is 25.2 Å². The Hall–Kier alpha value is -3.52. The Kier molecular flexibility index (Phi) is 7.07. The van der Waals surface area contributed by atoms with Gasteiger partial charge in [0.15, 0.2) is 11.5 Å². The minimum Gasteiger partial charge on any atom is -0.507 e. The highest BCUT2D eigenvalue weighted by Gasteiger charge is 2.42. The molecule has 2 aromatic carbocycles. The Labute approximate surface area is 199 Å². The highest BCUT2D eigenvalue weighted by Crippen LogP contribution is 2.45. The van der Waals surface area contributed by atoms with Crippen LogP contribution in [-0.4, -0.2) is 60.1 Å². The van der Waals surface area contributed by atoms with Crippen LogP contribution >= 0.6 is 0 Å². The number of nitrogens with one attached hydrogen (secondary N) is 1. The molecule has 0 saturated heterocycles. The number of fused-ring (bicyclic) bond motifs is 1. The van der Waals surface area contributed by atoms with Gasteiger partial charge < -0.3 is 24.2 Å². The van der Waals surface area contributed by atoms with Gasteiger partial charge in [-0.15, -0.1) is 0 Å². The standard InChI is InChI=1S/C26H31N3O5/c1-5-6-12-34-20-10-8-17(15-21(20)33-4)25-22-23(18-14-16(2)7-9-19(18)30)27-28-24(22)26(31)29(25)11-13-32-3/h7-10,14-15,25,30H,5-6,11-13H2,1-4H3,(H,27,28). The minimum absolute atomic E-state index is 0.110. The molecule has 180 valence electrons. The zero-order chi connectivity index (χ0) is 24.2. The maximum absolute atomic E-state index is 13.4. The van der Waals surface area contributed by atoms with Gasteiger partial charge in [0.05, 0.1) is 26.4 Å².